The molecule has 0 amide bonds. The smallest absolute Gasteiger partial charge is 0.167 e. The summed E-state index contributed by atoms with van der Waals surface area (Å²) in [7, 11) is 0. The van der Waals surface area contributed by atoms with Gasteiger partial charge in [-0.1, -0.05) is 11.6 Å². The SMILES string of the molecule is Fc1cc(Cl)cnc1N1CCc2sccc2C1. The van der Waals surface area contributed by atoms with Crippen molar-refractivity contribution in [2.45, 2.75) is 13.0 Å². The lowest BCUT2D eigenvalue weighted by Crippen LogP contribution is -2.30. The molecule has 88 valence electrons. The number of halogens is 2. The molecule has 0 radical (unpaired) electrons. The van der Waals surface area contributed by atoms with E-state index in [4.69, 9.17) is 11.6 Å². The predicted octanol–water partition coefficient (Wildman–Crippen LogP) is 3.50. The molecule has 2 nitrogen and oxygen atoms in total. The van der Waals surface area contributed by atoms with Crippen LogP contribution in [0.25, 0.3) is 0 Å². The minimum absolute atomic E-state index is 0.333. The summed E-state index contributed by atoms with van der Waals surface area (Å²) in [5.74, 6) is 0.0439. The van der Waals surface area contributed by atoms with Crippen LogP contribution in [0.2, 0.25) is 5.02 Å². The van der Waals surface area contributed by atoms with E-state index in [1.54, 1.807) is 11.3 Å². The summed E-state index contributed by atoms with van der Waals surface area (Å²) in [5, 5.41) is 2.42. The molecule has 0 saturated heterocycles. The van der Waals surface area contributed by atoms with Crippen LogP contribution in [0.1, 0.15) is 10.4 Å². The number of nitrogens with zero attached hydrogens (tertiary/aromatic N) is 2. The Morgan fingerprint density at radius 1 is 1.47 bits per heavy atom. The summed E-state index contributed by atoms with van der Waals surface area (Å²) in [6.07, 6.45) is 2.44. The average Bonchev–Trinajstić information content (AvgIpc) is 2.75. The number of anilines is 1. The van der Waals surface area contributed by atoms with Crippen molar-refractivity contribution in [2.75, 3.05) is 11.4 Å². The van der Waals surface area contributed by atoms with Gasteiger partial charge in [0.25, 0.3) is 0 Å². The summed E-state index contributed by atoms with van der Waals surface area (Å²) in [4.78, 5) is 7.44. The number of hydrogen-bond donors (Lipinski definition) is 0. The Morgan fingerprint density at radius 2 is 2.35 bits per heavy atom. The molecular formula is C12H10ClFN2S. The van der Waals surface area contributed by atoms with Crippen LogP contribution < -0.4 is 4.90 Å². The topological polar surface area (TPSA) is 16.1 Å². The van der Waals surface area contributed by atoms with E-state index >= 15 is 0 Å². The lowest BCUT2D eigenvalue weighted by Gasteiger charge is -2.28. The van der Waals surface area contributed by atoms with Crippen LogP contribution in [0, 0.1) is 5.82 Å². The van der Waals surface area contributed by atoms with Crippen LogP contribution in [0.4, 0.5) is 10.2 Å². The number of fused-ring (bicyclic) bond motifs is 1. The van der Waals surface area contributed by atoms with Gasteiger partial charge in [-0.3, -0.25) is 0 Å². The minimum atomic E-state index is -0.351. The first-order valence-corrected chi connectivity index (χ1v) is 6.61. The van der Waals surface area contributed by atoms with Gasteiger partial charge in [0, 0.05) is 24.2 Å². The molecule has 0 aromatic carbocycles. The fourth-order valence-corrected chi connectivity index (χ4v) is 3.10. The van der Waals surface area contributed by atoms with Crippen molar-refractivity contribution in [3.05, 3.63) is 45.0 Å². The Balaban J connectivity index is 1.91. The molecule has 0 aliphatic carbocycles. The first kappa shape index (κ1) is 11.0. The van der Waals surface area contributed by atoms with Crippen molar-refractivity contribution in [1.82, 2.24) is 4.98 Å². The number of thiophene rings is 1. The maximum atomic E-state index is 13.8. The van der Waals surface area contributed by atoms with Crippen LogP contribution in [0.15, 0.2) is 23.7 Å². The van der Waals surface area contributed by atoms with E-state index in [1.165, 1.54) is 22.7 Å². The third-order valence-electron chi connectivity index (χ3n) is 2.90. The van der Waals surface area contributed by atoms with Crippen molar-refractivity contribution in [2.24, 2.45) is 0 Å². The molecule has 0 N–H and O–H groups in total. The quantitative estimate of drug-likeness (QED) is 0.787. The van der Waals surface area contributed by atoms with Gasteiger partial charge < -0.3 is 4.90 Å². The number of aromatic nitrogens is 1. The first-order valence-electron chi connectivity index (χ1n) is 5.35. The molecular weight excluding hydrogens is 259 g/mol. The van der Waals surface area contributed by atoms with Gasteiger partial charge in [0.1, 0.15) is 0 Å². The third-order valence-corrected chi connectivity index (χ3v) is 4.13. The zero-order valence-electron chi connectivity index (χ0n) is 8.99. The molecule has 0 fully saturated rings. The lowest BCUT2D eigenvalue weighted by atomic mass is 10.1. The Labute approximate surface area is 108 Å². The van der Waals surface area contributed by atoms with Crippen LogP contribution in [-0.2, 0) is 13.0 Å². The zero-order chi connectivity index (χ0) is 11.8. The van der Waals surface area contributed by atoms with Crippen molar-refractivity contribution < 1.29 is 4.39 Å². The van der Waals surface area contributed by atoms with Crippen molar-refractivity contribution in [3.8, 4) is 0 Å². The standard InChI is InChI=1S/C12H10ClFN2S/c13-9-5-10(14)12(15-6-9)16-3-1-11-8(7-16)2-4-17-11/h2,4-6H,1,3,7H2. The van der Waals surface area contributed by atoms with Gasteiger partial charge in [-0.2, -0.15) is 0 Å². The predicted molar refractivity (Wildman–Crippen MR) is 68.3 cm³/mol. The number of pyridine rings is 1. The van der Waals surface area contributed by atoms with Crippen LogP contribution in [0.3, 0.4) is 0 Å². The van der Waals surface area contributed by atoms with E-state index in [2.05, 4.69) is 16.4 Å². The highest BCUT2D eigenvalue weighted by Gasteiger charge is 2.20. The molecule has 0 spiro atoms. The van der Waals surface area contributed by atoms with Gasteiger partial charge >= 0.3 is 0 Å². The minimum Gasteiger partial charge on any atom is -0.349 e. The molecule has 3 heterocycles. The van der Waals surface area contributed by atoms with E-state index < -0.39 is 0 Å². The number of rotatable bonds is 1. The van der Waals surface area contributed by atoms with Crippen LogP contribution in [-0.4, -0.2) is 11.5 Å². The number of hydrogen-bond acceptors (Lipinski definition) is 3. The molecule has 2 aromatic heterocycles. The highest BCUT2D eigenvalue weighted by Crippen LogP contribution is 2.28. The molecule has 3 rings (SSSR count). The normalized spacial score (nSPS) is 14.8. The van der Waals surface area contributed by atoms with Gasteiger partial charge in [-0.15, -0.1) is 11.3 Å². The van der Waals surface area contributed by atoms with Gasteiger partial charge in [0.2, 0.25) is 0 Å². The lowest BCUT2D eigenvalue weighted by molar-refractivity contribution is 0.602. The monoisotopic (exact) mass is 268 g/mol. The maximum Gasteiger partial charge on any atom is 0.167 e. The Hall–Kier alpha value is -1.13. The third kappa shape index (κ3) is 2.03. The maximum absolute atomic E-state index is 13.8. The molecule has 1 aliphatic rings. The van der Waals surface area contributed by atoms with E-state index in [9.17, 15) is 4.39 Å². The highest BCUT2D eigenvalue weighted by molar-refractivity contribution is 7.10. The molecule has 1 aliphatic heterocycles. The van der Waals surface area contributed by atoms with Crippen LogP contribution in [0.5, 0.6) is 0 Å². The highest BCUT2D eigenvalue weighted by atomic mass is 35.5. The Bertz CT molecular complexity index is 555. The molecule has 0 bridgehead atoms. The molecule has 0 atom stereocenters. The van der Waals surface area contributed by atoms with E-state index in [1.807, 2.05) is 4.90 Å². The van der Waals surface area contributed by atoms with Gasteiger partial charge in [0.15, 0.2) is 11.6 Å². The second-order valence-corrected chi connectivity index (χ2v) is 5.44. The van der Waals surface area contributed by atoms with Gasteiger partial charge in [0.05, 0.1) is 5.02 Å². The summed E-state index contributed by atoms with van der Waals surface area (Å²) in [6, 6.07) is 3.41. The van der Waals surface area contributed by atoms with Crippen molar-refractivity contribution in [1.29, 1.82) is 0 Å². The van der Waals surface area contributed by atoms with E-state index in [0.717, 1.165) is 19.5 Å². The Morgan fingerprint density at radius 3 is 3.18 bits per heavy atom. The fourth-order valence-electron chi connectivity index (χ4n) is 2.07. The van der Waals surface area contributed by atoms with E-state index in [0.29, 0.717) is 10.8 Å². The molecule has 2 aromatic rings. The fraction of sp³-hybridized carbons (Fsp3) is 0.250. The molecule has 17 heavy (non-hydrogen) atoms. The van der Waals surface area contributed by atoms with Crippen molar-refractivity contribution >= 4 is 28.8 Å². The summed E-state index contributed by atoms with van der Waals surface area (Å²) in [6.45, 7) is 1.53. The van der Waals surface area contributed by atoms with Gasteiger partial charge in [-0.25, -0.2) is 9.37 Å². The molecule has 5 heteroatoms. The largest absolute Gasteiger partial charge is 0.349 e. The summed E-state index contributed by atoms with van der Waals surface area (Å²) in [5.41, 5.74) is 1.28. The van der Waals surface area contributed by atoms with Gasteiger partial charge in [-0.05, 0) is 29.5 Å². The second-order valence-electron chi connectivity index (χ2n) is 4.00. The van der Waals surface area contributed by atoms with Crippen LogP contribution >= 0.6 is 22.9 Å². The molecule has 0 unspecified atom stereocenters. The Kier molecular flexibility index (Phi) is 2.76. The molecule has 0 saturated carbocycles. The van der Waals surface area contributed by atoms with E-state index in [-0.39, 0.29) is 5.82 Å². The summed E-state index contributed by atoms with van der Waals surface area (Å²) < 4.78 is 13.8. The van der Waals surface area contributed by atoms with Crippen molar-refractivity contribution in [3.63, 3.8) is 0 Å². The average molecular weight is 269 g/mol. The summed E-state index contributed by atoms with van der Waals surface area (Å²) >= 11 is 7.47. The first-order chi connectivity index (χ1) is 8.24. The zero-order valence-corrected chi connectivity index (χ0v) is 10.6. The second kappa shape index (κ2) is 4.27.